The van der Waals surface area contributed by atoms with E-state index in [1.54, 1.807) is 0 Å². The molecular formula is C19H25NO2. The molecular weight excluding hydrogens is 274 g/mol. The lowest BCUT2D eigenvalue weighted by molar-refractivity contribution is -0.0484. The molecule has 1 spiro atoms. The molecule has 3 heteroatoms. The van der Waals surface area contributed by atoms with E-state index in [1.165, 1.54) is 30.4 Å². The number of piperidine rings is 1. The van der Waals surface area contributed by atoms with Crippen LogP contribution in [0.5, 0.6) is 0 Å². The van der Waals surface area contributed by atoms with Gasteiger partial charge < -0.3 is 10.0 Å². The van der Waals surface area contributed by atoms with Crippen molar-refractivity contribution < 1.29 is 9.90 Å². The van der Waals surface area contributed by atoms with Gasteiger partial charge in [-0.2, -0.15) is 0 Å². The second-order valence-corrected chi connectivity index (χ2v) is 7.33. The van der Waals surface area contributed by atoms with Gasteiger partial charge >= 0.3 is 0 Å². The molecule has 22 heavy (non-hydrogen) atoms. The molecule has 1 aliphatic heterocycles. The molecule has 0 aromatic heterocycles. The van der Waals surface area contributed by atoms with Gasteiger partial charge in [-0.15, -0.1) is 0 Å². The number of hydrogen-bond acceptors (Lipinski definition) is 2. The SMILES string of the molecule is O=C(c1cccc2c1CCCC2)N1CCC(O)CC12CCC2. The van der Waals surface area contributed by atoms with Crippen molar-refractivity contribution in [2.45, 2.75) is 69.4 Å². The highest BCUT2D eigenvalue weighted by molar-refractivity contribution is 5.96. The zero-order chi connectivity index (χ0) is 15.2. The molecule has 118 valence electrons. The van der Waals surface area contributed by atoms with E-state index in [9.17, 15) is 9.90 Å². The van der Waals surface area contributed by atoms with E-state index in [-0.39, 0.29) is 17.6 Å². The third kappa shape index (κ3) is 2.18. The monoisotopic (exact) mass is 299 g/mol. The molecule has 0 bridgehead atoms. The largest absolute Gasteiger partial charge is 0.393 e. The van der Waals surface area contributed by atoms with E-state index in [0.29, 0.717) is 6.54 Å². The average molecular weight is 299 g/mol. The first-order valence-corrected chi connectivity index (χ1v) is 8.80. The summed E-state index contributed by atoms with van der Waals surface area (Å²) in [6, 6.07) is 6.25. The van der Waals surface area contributed by atoms with Crippen LogP contribution < -0.4 is 0 Å². The van der Waals surface area contributed by atoms with Crippen LogP contribution in [-0.4, -0.2) is 34.1 Å². The number of aliphatic hydroxyl groups excluding tert-OH is 1. The number of hydrogen-bond donors (Lipinski definition) is 1. The van der Waals surface area contributed by atoms with Crippen molar-refractivity contribution in [3.63, 3.8) is 0 Å². The van der Waals surface area contributed by atoms with Crippen molar-refractivity contribution in [3.8, 4) is 0 Å². The molecule has 1 heterocycles. The van der Waals surface area contributed by atoms with Crippen molar-refractivity contribution >= 4 is 5.91 Å². The highest BCUT2D eigenvalue weighted by Gasteiger charge is 2.48. The van der Waals surface area contributed by atoms with Gasteiger partial charge in [-0.3, -0.25) is 4.79 Å². The summed E-state index contributed by atoms with van der Waals surface area (Å²) in [6.07, 6.45) is 9.16. The molecule has 1 atom stereocenters. The smallest absolute Gasteiger partial charge is 0.254 e. The zero-order valence-corrected chi connectivity index (χ0v) is 13.2. The molecule has 0 radical (unpaired) electrons. The number of carbonyl (C=O) groups is 1. The van der Waals surface area contributed by atoms with Crippen LogP contribution in [0.15, 0.2) is 18.2 Å². The topological polar surface area (TPSA) is 40.5 Å². The van der Waals surface area contributed by atoms with Crippen LogP contribution in [0, 0.1) is 0 Å². The van der Waals surface area contributed by atoms with Crippen molar-refractivity contribution in [3.05, 3.63) is 34.9 Å². The van der Waals surface area contributed by atoms with E-state index in [1.807, 2.05) is 12.1 Å². The first kappa shape index (κ1) is 14.3. The number of amides is 1. The van der Waals surface area contributed by atoms with Gasteiger partial charge in [0.15, 0.2) is 0 Å². The summed E-state index contributed by atoms with van der Waals surface area (Å²) in [5.74, 6) is 0.213. The number of fused-ring (bicyclic) bond motifs is 1. The number of nitrogens with zero attached hydrogens (tertiary/aromatic N) is 1. The predicted octanol–water partition coefficient (Wildman–Crippen LogP) is 3.09. The average Bonchev–Trinajstić information content (AvgIpc) is 2.52. The Kier molecular flexibility index (Phi) is 3.48. The quantitative estimate of drug-likeness (QED) is 0.865. The molecule has 3 aliphatic rings. The summed E-state index contributed by atoms with van der Waals surface area (Å²) in [5.41, 5.74) is 3.54. The molecule has 1 amide bonds. The number of aryl methyl sites for hydroxylation is 1. The summed E-state index contributed by atoms with van der Waals surface area (Å²) < 4.78 is 0. The van der Waals surface area contributed by atoms with Gasteiger partial charge in [-0.25, -0.2) is 0 Å². The summed E-state index contributed by atoms with van der Waals surface area (Å²) >= 11 is 0. The maximum atomic E-state index is 13.2. The van der Waals surface area contributed by atoms with Crippen molar-refractivity contribution in [1.82, 2.24) is 4.90 Å². The minimum atomic E-state index is -0.228. The molecule has 3 nitrogen and oxygen atoms in total. The lowest BCUT2D eigenvalue weighted by Crippen LogP contribution is -2.61. The van der Waals surface area contributed by atoms with Gasteiger partial charge in [-0.1, -0.05) is 12.1 Å². The second kappa shape index (κ2) is 5.38. The number of benzene rings is 1. The fraction of sp³-hybridized carbons (Fsp3) is 0.632. The number of aliphatic hydroxyl groups is 1. The first-order chi connectivity index (χ1) is 10.7. The third-order valence-corrected chi connectivity index (χ3v) is 6.03. The molecule has 1 saturated carbocycles. The Morgan fingerprint density at radius 3 is 2.77 bits per heavy atom. The lowest BCUT2D eigenvalue weighted by atomic mass is 9.69. The second-order valence-electron chi connectivity index (χ2n) is 7.33. The van der Waals surface area contributed by atoms with Gasteiger partial charge in [0.1, 0.15) is 0 Å². The van der Waals surface area contributed by atoms with Crippen LogP contribution in [0.1, 0.15) is 66.4 Å². The Bertz CT molecular complexity index is 591. The van der Waals surface area contributed by atoms with Crippen molar-refractivity contribution in [2.24, 2.45) is 0 Å². The Morgan fingerprint density at radius 1 is 1.18 bits per heavy atom. The van der Waals surface area contributed by atoms with Crippen LogP contribution in [0.2, 0.25) is 0 Å². The highest BCUT2D eigenvalue weighted by Crippen LogP contribution is 2.45. The fourth-order valence-electron chi connectivity index (χ4n) is 4.67. The molecule has 1 unspecified atom stereocenters. The first-order valence-electron chi connectivity index (χ1n) is 8.80. The maximum absolute atomic E-state index is 13.2. The molecule has 2 fully saturated rings. The van der Waals surface area contributed by atoms with Crippen LogP contribution in [0.25, 0.3) is 0 Å². The molecule has 2 aliphatic carbocycles. The van der Waals surface area contributed by atoms with Crippen molar-refractivity contribution in [2.75, 3.05) is 6.54 Å². The molecule has 1 aromatic rings. The number of carbonyl (C=O) groups excluding carboxylic acids is 1. The van der Waals surface area contributed by atoms with Crippen LogP contribution in [0.3, 0.4) is 0 Å². The van der Waals surface area contributed by atoms with E-state index < -0.39 is 0 Å². The lowest BCUT2D eigenvalue weighted by Gasteiger charge is -2.54. The third-order valence-electron chi connectivity index (χ3n) is 6.03. The fourth-order valence-corrected chi connectivity index (χ4v) is 4.67. The van der Waals surface area contributed by atoms with Crippen molar-refractivity contribution in [1.29, 1.82) is 0 Å². The van der Waals surface area contributed by atoms with E-state index in [2.05, 4.69) is 11.0 Å². The molecule has 1 aromatic carbocycles. The summed E-state index contributed by atoms with van der Waals surface area (Å²) in [7, 11) is 0. The molecule has 4 rings (SSSR count). The van der Waals surface area contributed by atoms with Gasteiger partial charge in [-0.05, 0) is 75.0 Å². The van der Waals surface area contributed by atoms with E-state index in [0.717, 1.165) is 44.1 Å². The number of likely N-dealkylation sites (tertiary alicyclic amines) is 1. The van der Waals surface area contributed by atoms with Crippen LogP contribution >= 0.6 is 0 Å². The van der Waals surface area contributed by atoms with E-state index in [4.69, 9.17) is 0 Å². The Labute approximate surface area is 132 Å². The number of rotatable bonds is 1. The van der Waals surface area contributed by atoms with Crippen LogP contribution in [0.4, 0.5) is 0 Å². The zero-order valence-electron chi connectivity index (χ0n) is 13.2. The summed E-state index contributed by atoms with van der Waals surface area (Å²) in [4.78, 5) is 15.3. The molecule has 1 saturated heterocycles. The highest BCUT2D eigenvalue weighted by atomic mass is 16.3. The Balaban J connectivity index is 1.67. The molecule has 1 N–H and O–H groups in total. The minimum absolute atomic E-state index is 0.0495. The van der Waals surface area contributed by atoms with E-state index >= 15 is 0 Å². The van der Waals surface area contributed by atoms with Gasteiger partial charge in [0.25, 0.3) is 5.91 Å². The van der Waals surface area contributed by atoms with Crippen LogP contribution in [-0.2, 0) is 12.8 Å². The minimum Gasteiger partial charge on any atom is -0.393 e. The Hall–Kier alpha value is -1.35. The van der Waals surface area contributed by atoms with Gasteiger partial charge in [0, 0.05) is 17.6 Å². The summed E-state index contributed by atoms with van der Waals surface area (Å²) in [6.45, 7) is 0.712. The maximum Gasteiger partial charge on any atom is 0.254 e. The summed E-state index contributed by atoms with van der Waals surface area (Å²) in [5, 5.41) is 10.0. The Morgan fingerprint density at radius 2 is 2.00 bits per heavy atom. The van der Waals surface area contributed by atoms with Gasteiger partial charge in [0.2, 0.25) is 0 Å². The predicted molar refractivity (Wildman–Crippen MR) is 85.9 cm³/mol. The standard InChI is InChI=1S/C19H25NO2/c21-15-9-12-20(19(13-15)10-4-11-19)18(22)17-8-3-6-14-5-1-2-7-16(14)17/h3,6,8,15,21H,1-2,4-5,7,9-13H2. The normalized spacial score (nSPS) is 26.4. The van der Waals surface area contributed by atoms with Gasteiger partial charge in [0.05, 0.1) is 6.10 Å².